The predicted octanol–water partition coefficient (Wildman–Crippen LogP) is 4.19. The molecule has 3 aromatic rings. The minimum atomic E-state index is -0.659. The molecule has 4 nitrogen and oxygen atoms in total. The van der Waals surface area contributed by atoms with E-state index in [1.165, 1.54) is 0 Å². The maximum Gasteiger partial charge on any atom is 0.313 e. The first-order valence-electron chi connectivity index (χ1n) is 9.31. The molecule has 142 valence electrons. The van der Waals surface area contributed by atoms with E-state index in [0.29, 0.717) is 12.2 Å². The van der Waals surface area contributed by atoms with Gasteiger partial charge in [0.1, 0.15) is 0 Å². The Labute approximate surface area is 165 Å². The molecule has 0 aliphatic rings. The van der Waals surface area contributed by atoms with Crippen LogP contribution in [-0.2, 0) is 9.59 Å². The average molecular weight is 372 g/mol. The van der Waals surface area contributed by atoms with Gasteiger partial charge in [-0.15, -0.1) is 0 Å². The Morgan fingerprint density at radius 1 is 0.750 bits per heavy atom. The summed E-state index contributed by atoms with van der Waals surface area (Å²) in [5.41, 5.74) is 4.84. The molecule has 3 rings (SSSR count). The summed E-state index contributed by atoms with van der Waals surface area (Å²) in [6, 6.07) is 25.5. The third kappa shape index (κ3) is 4.65. The predicted molar refractivity (Wildman–Crippen MR) is 112 cm³/mol. The van der Waals surface area contributed by atoms with Gasteiger partial charge in [0.2, 0.25) is 0 Å². The van der Waals surface area contributed by atoms with Crippen LogP contribution in [0.2, 0.25) is 0 Å². The highest BCUT2D eigenvalue weighted by Gasteiger charge is 2.19. The molecule has 2 amide bonds. The Morgan fingerprint density at radius 2 is 1.32 bits per heavy atom. The fraction of sp³-hybridized carbons (Fsp3) is 0.167. The maximum atomic E-state index is 12.4. The van der Waals surface area contributed by atoms with Crippen LogP contribution >= 0.6 is 0 Å². The van der Waals surface area contributed by atoms with Gasteiger partial charge in [-0.2, -0.15) is 0 Å². The minimum Gasteiger partial charge on any atom is -0.347 e. The van der Waals surface area contributed by atoms with Gasteiger partial charge < -0.3 is 10.6 Å². The second-order valence-electron chi connectivity index (χ2n) is 6.79. The van der Waals surface area contributed by atoms with Crippen molar-refractivity contribution in [2.45, 2.75) is 19.8 Å². The lowest BCUT2D eigenvalue weighted by Gasteiger charge is -2.19. The zero-order valence-corrected chi connectivity index (χ0v) is 16.1. The van der Waals surface area contributed by atoms with Crippen molar-refractivity contribution in [1.82, 2.24) is 5.32 Å². The topological polar surface area (TPSA) is 58.2 Å². The first-order chi connectivity index (χ1) is 13.6. The SMILES string of the molecule is Cc1cccc(NC(=O)C(=O)NCC(c2ccccc2)c2ccccc2)c1C. The number of benzene rings is 3. The van der Waals surface area contributed by atoms with Crippen molar-refractivity contribution in [1.29, 1.82) is 0 Å². The van der Waals surface area contributed by atoms with Crippen LogP contribution in [0.3, 0.4) is 0 Å². The lowest BCUT2D eigenvalue weighted by atomic mass is 9.91. The highest BCUT2D eigenvalue weighted by molar-refractivity contribution is 6.39. The van der Waals surface area contributed by atoms with E-state index in [9.17, 15) is 9.59 Å². The molecule has 0 fully saturated rings. The first-order valence-corrected chi connectivity index (χ1v) is 9.31. The van der Waals surface area contributed by atoms with Gasteiger partial charge in [-0.1, -0.05) is 72.8 Å². The summed E-state index contributed by atoms with van der Waals surface area (Å²) in [7, 11) is 0. The molecule has 0 aromatic heterocycles. The maximum absolute atomic E-state index is 12.4. The Morgan fingerprint density at radius 3 is 1.89 bits per heavy atom. The zero-order valence-electron chi connectivity index (χ0n) is 16.1. The number of hydrogen-bond donors (Lipinski definition) is 2. The van der Waals surface area contributed by atoms with Crippen molar-refractivity contribution >= 4 is 17.5 Å². The second kappa shape index (κ2) is 9.00. The van der Waals surface area contributed by atoms with Gasteiger partial charge in [0.15, 0.2) is 0 Å². The van der Waals surface area contributed by atoms with Crippen molar-refractivity contribution in [2.75, 3.05) is 11.9 Å². The van der Waals surface area contributed by atoms with Crippen LogP contribution in [0.4, 0.5) is 5.69 Å². The number of hydrogen-bond acceptors (Lipinski definition) is 2. The van der Waals surface area contributed by atoms with Crippen LogP contribution in [0.5, 0.6) is 0 Å². The molecule has 0 spiro atoms. The summed E-state index contributed by atoms with van der Waals surface area (Å²) in [5.74, 6) is -1.33. The number of aryl methyl sites for hydroxylation is 1. The van der Waals surface area contributed by atoms with Crippen molar-refractivity contribution in [3.8, 4) is 0 Å². The molecule has 3 aromatic carbocycles. The molecular formula is C24H24N2O2. The van der Waals surface area contributed by atoms with Crippen LogP contribution in [0.25, 0.3) is 0 Å². The Kier molecular flexibility index (Phi) is 6.22. The van der Waals surface area contributed by atoms with Gasteiger partial charge in [-0.3, -0.25) is 9.59 Å². The number of amides is 2. The molecule has 0 aliphatic heterocycles. The number of nitrogens with one attached hydrogen (secondary N) is 2. The highest BCUT2D eigenvalue weighted by atomic mass is 16.2. The molecule has 0 aliphatic carbocycles. The average Bonchev–Trinajstić information content (AvgIpc) is 2.73. The molecule has 0 unspecified atom stereocenters. The molecule has 0 bridgehead atoms. The van der Waals surface area contributed by atoms with Crippen LogP contribution < -0.4 is 10.6 Å². The molecule has 0 atom stereocenters. The Balaban J connectivity index is 1.70. The molecule has 0 heterocycles. The third-order valence-corrected chi connectivity index (χ3v) is 4.93. The summed E-state index contributed by atoms with van der Waals surface area (Å²) >= 11 is 0. The molecule has 2 N–H and O–H groups in total. The largest absolute Gasteiger partial charge is 0.347 e. The first kappa shape index (κ1) is 19.4. The smallest absolute Gasteiger partial charge is 0.313 e. The van der Waals surface area contributed by atoms with Gasteiger partial charge in [0, 0.05) is 18.2 Å². The van der Waals surface area contributed by atoms with E-state index >= 15 is 0 Å². The van der Waals surface area contributed by atoms with E-state index in [-0.39, 0.29) is 5.92 Å². The molecular weight excluding hydrogens is 348 g/mol. The summed E-state index contributed by atoms with van der Waals surface area (Å²) < 4.78 is 0. The van der Waals surface area contributed by atoms with E-state index in [1.807, 2.05) is 86.6 Å². The molecule has 0 radical (unpaired) electrons. The number of carbonyl (C=O) groups is 2. The summed E-state index contributed by atoms with van der Waals surface area (Å²) in [6.07, 6.45) is 0. The summed E-state index contributed by atoms with van der Waals surface area (Å²) in [4.78, 5) is 24.7. The normalized spacial score (nSPS) is 10.5. The van der Waals surface area contributed by atoms with Crippen molar-refractivity contribution in [3.63, 3.8) is 0 Å². The van der Waals surface area contributed by atoms with Gasteiger partial charge in [0.25, 0.3) is 0 Å². The number of rotatable bonds is 5. The summed E-state index contributed by atoms with van der Waals surface area (Å²) in [6.45, 7) is 4.23. The van der Waals surface area contributed by atoms with E-state index in [0.717, 1.165) is 22.3 Å². The lowest BCUT2D eigenvalue weighted by Crippen LogP contribution is -2.38. The van der Waals surface area contributed by atoms with Crippen LogP contribution in [-0.4, -0.2) is 18.4 Å². The quantitative estimate of drug-likeness (QED) is 0.660. The van der Waals surface area contributed by atoms with E-state index in [1.54, 1.807) is 6.07 Å². The molecule has 0 saturated heterocycles. The second-order valence-corrected chi connectivity index (χ2v) is 6.79. The van der Waals surface area contributed by atoms with Gasteiger partial charge in [-0.05, 0) is 42.2 Å². The molecule has 4 heteroatoms. The monoisotopic (exact) mass is 372 g/mol. The highest BCUT2D eigenvalue weighted by Crippen LogP contribution is 2.23. The van der Waals surface area contributed by atoms with Gasteiger partial charge in [-0.25, -0.2) is 0 Å². The van der Waals surface area contributed by atoms with Crippen LogP contribution in [0.15, 0.2) is 78.9 Å². The van der Waals surface area contributed by atoms with Crippen molar-refractivity contribution < 1.29 is 9.59 Å². The fourth-order valence-corrected chi connectivity index (χ4v) is 3.14. The van der Waals surface area contributed by atoms with Crippen LogP contribution in [0, 0.1) is 13.8 Å². The van der Waals surface area contributed by atoms with Gasteiger partial charge in [0.05, 0.1) is 0 Å². The third-order valence-electron chi connectivity index (χ3n) is 4.93. The number of carbonyl (C=O) groups excluding carboxylic acids is 2. The molecule has 28 heavy (non-hydrogen) atoms. The fourth-order valence-electron chi connectivity index (χ4n) is 3.14. The lowest BCUT2D eigenvalue weighted by molar-refractivity contribution is -0.136. The van der Waals surface area contributed by atoms with Crippen LogP contribution in [0.1, 0.15) is 28.2 Å². The number of anilines is 1. The van der Waals surface area contributed by atoms with Crippen molar-refractivity contribution in [3.05, 3.63) is 101 Å². The summed E-state index contributed by atoms with van der Waals surface area (Å²) in [5, 5.41) is 5.49. The van der Waals surface area contributed by atoms with E-state index in [4.69, 9.17) is 0 Å². The standard InChI is InChI=1S/C24H24N2O2/c1-17-10-9-15-22(18(17)2)26-24(28)23(27)25-16-21(19-11-5-3-6-12-19)20-13-7-4-8-14-20/h3-15,21H,16H2,1-2H3,(H,25,27)(H,26,28). The molecule has 0 saturated carbocycles. The van der Waals surface area contributed by atoms with E-state index < -0.39 is 11.8 Å². The Hall–Kier alpha value is -3.40. The van der Waals surface area contributed by atoms with E-state index in [2.05, 4.69) is 10.6 Å². The van der Waals surface area contributed by atoms with Gasteiger partial charge >= 0.3 is 11.8 Å². The van der Waals surface area contributed by atoms with Crippen molar-refractivity contribution in [2.24, 2.45) is 0 Å². The zero-order chi connectivity index (χ0) is 19.9. The minimum absolute atomic E-state index is 0.0279. The Bertz CT molecular complexity index is 913.